The number of aryl methyl sites for hydroxylation is 1. The van der Waals surface area contributed by atoms with Gasteiger partial charge in [-0.25, -0.2) is 4.79 Å². The lowest BCUT2D eigenvalue weighted by atomic mass is 10.2. The number of halogens is 2. The number of hydrogen-bond acceptors (Lipinski definition) is 4. The van der Waals surface area contributed by atoms with Crippen LogP contribution in [0.25, 0.3) is 0 Å². The monoisotopic (exact) mass is 411 g/mol. The van der Waals surface area contributed by atoms with Gasteiger partial charge in [0.05, 0.1) is 5.69 Å². The van der Waals surface area contributed by atoms with Gasteiger partial charge in [0.15, 0.2) is 13.2 Å². The molecule has 7 heteroatoms. The zero-order valence-electron chi connectivity index (χ0n) is 12.8. The highest BCUT2D eigenvalue weighted by Crippen LogP contribution is 2.23. The molecule has 0 saturated heterocycles. The Hall–Kier alpha value is -2.05. The van der Waals surface area contributed by atoms with E-state index in [1.165, 1.54) is 0 Å². The Labute approximate surface area is 153 Å². The normalized spacial score (nSPS) is 10.1. The number of nitrogens with one attached hydrogen (secondary N) is 1. The number of hydrogen-bond donors (Lipinski definition) is 1. The summed E-state index contributed by atoms with van der Waals surface area (Å²) in [5, 5.41) is 3.16. The first-order valence-corrected chi connectivity index (χ1v) is 8.21. The lowest BCUT2D eigenvalue weighted by Gasteiger charge is -2.09. The average Bonchev–Trinajstić information content (AvgIpc) is 2.54. The Morgan fingerprint density at radius 3 is 2.67 bits per heavy atom. The Bertz CT molecular complexity index is 751. The molecule has 2 aromatic carbocycles. The Balaban J connectivity index is 1.75. The predicted molar refractivity (Wildman–Crippen MR) is 95.4 cm³/mol. The molecule has 1 amide bonds. The van der Waals surface area contributed by atoms with Crippen LogP contribution >= 0.6 is 27.5 Å². The van der Waals surface area contributed by atoms with Crippen LogP contribution in [0.4, 0.5) is 5.69 Å². The molecule has 0 atom stereocenters. The zero-order valence-corrected chi connectivity index (χ0v) is 15.2. The minimum absolute atomic E-state index is 0.304. The van der Waals surface area contributed by atoms with E-state index in [2.05, 4.69) is 21.2 Å². The number of benzene rings is 2. The molecule has 0 spiro atoms. The van der Waals surface area contributed by atoms with E-state index in [1.54, 1.807) is 30.3 Å². The van der Waals surface area contributed by atoms with Gasteiger partial charge in [0, 0.05) is 9.50 Å². The van der Waals surface area contributed by atoms with E-state index in [4.69, 9.17) is 21.1 Å². The van der Waals surface area contributed by atoms with Gasteiger partial charge in [0.2, 0.25) is 0 Å². The molecule has 0 unspecified atom stereocenters. The van der Waals surface area contributed by atoms with E-state index >= 15 is 0 Å². The third kappa shape index (κ3) is 5.86. The molecule has 0 aliphatic rings. The van der Waals surface area contributed by atoms with Crippen molar-refractivity contribution in [3.63, 3.8) is 0 Å². The van der Waals surface area contributed by atoms with E-state index in [0.29, 0.717) is 16.5 Å². The summed E-state index contributed by atoms with van der Waals surface area (Å²) < 4.78 is 10.9. The van der Waals surface area contributed by atoms with Gasteiger partial charge in [0.1, 0.15) is 5.75 Å². The second-order valence-electron chi connectivity index (χ2n) is 4.94. The molecular weight excluding hydrogens is 398 g/mol. The molecule has 2 rings (SSSR count). The van der Waals surface area contributed by atoms with Gasteiger partial charge < -0.3 is 14.8 Å². The SMILES string of the molecule is Cc1ccc(NC(=O)COC(=O)COc2cccc(Cl)c2)c(Br)c1. The fraction of sp³-hybridized carbons (Fsp3) is 0.176. The molecule has 0 aromatic heterocycles. The van der Waals surface area contributed by atoms with Gasteiger partial charge in [-0.05, 0) is 58.7 Å². The molecular formula is C17H15BrClNO4. The second kappa shape index (κ2) is 8.70. The van der Waals surface area contributed by atoms with Crippen molar-refractivity contribution in [1.29, 1.82) is 0 Å². The number of esters is 1. The van der Waals surface area contributed by atoms with Gasteiger partial charge >= 0.3 is 5.97 Å². The number of ether oxygens (including phenoxy) is 2. The maximum absolute atomic E-state index is 11.8. The number of carbonyl (C=O) groups is 2. The van der Waals surface area contributed by atoms with Crippen LogP contribution in [0.2, 0.25) is 5.02 Å². The molecule has 5 nitrogen and oxygen atoms in total. The summed E-state index contributed by atoms with van der Waals surface area (Å²) >= 11 is 9.17. The van der Waals surface area contributed by atoms with Crippen molar-refractivity contribution in [1.82, 2.24) is 0 Å². The third-order valence-electron chi connectivity index (χ3n) is 2.92. The minimum atomic E-state index is -0.645. The van der Waals surface area contributed by atoms with Crippen LogP contribution in [0.5, 0.6) is 5.75 Å². The Kier molecular flexibility index (Phi) is 6.63. The molecule has 0 bridgehead atoms. The fourth-order valence-corrected chi connectivity index (χ4v) is 2.57. The van der Waals surface area contributed by atoms with Crippen molar-refractivity contribution in [2.75, 3.05) is 18.5 Å². The first kappa shape index (κ1) is 18.3. The molecule has 1 N–H and O–H groups in total. The van der Waals surface area contributed by atoms with Crippen molar-refractivity contribution in [3.8, 4) is 5.75 Å². The minimum Gasteiger partial charge on any atom is -0.482 e. The summed E-state index contributed by atoms with van der Waals surface area (Å²) in [4.78, 5) is 23.4. The van der Waals surface area contributed by atoms with E-state index in [9.17, 15) is 9.59 Å². The smallest absolute Gasteiger partial charge is 0.344 e. The molecule has 0 aliphatic heterocycles. The van der Waals surface area contributed by atoms with Gasteiger partial charge in [-0.15, -0.1) is 0 Å². The third-order valence-corrected chi connectivity index (χ3v) is 3.81. The first-order chi connectivity index (χ1) is 11.4. The number of anilines is 1. The molecule has 0 aliphatic carbocycles. The van der Waals surface area contributed by atoms with Crippen LogP contribution in [0.3, 0.4) is 0 Å². The summed E-state index contributed by atoms with van der Waals surface area (Å²) in [7, 11) is 0. The van der Waals surface area contributed by atoms with Gasteiger partial charge in [0.25, 0.3) is 5.91 Å². The Morgan fingerprint density at radius 2 is 1.96 bits per heavy atom. The van der Waals surface area contributed by atoms with E-state index in [1.807, 2.05) is 19.1 Å². The molecule has 126 valence electrons. The van der Waals surface area contributed by atoms with E-state index < -0.39 is 18.5 Å². The molecule has 2 aromatic rings. The standard InChI is InChI=1S/C17H15BrClNO4/c1-11-5-6-15(14(18)7-11)20-16(21)9-24-17(22)10-23-13-4-2-3-12(19)8-13/h2-8H,9-10H2,1H3,(H,20,21). The topological polar surface area (TPSA) is 64.6 Å². The molecule has 0 heterocycles. The summed E-state index contributed by atoms with van der Waals surface area (Å²) in [6, 6.07) is 12.2. The van der Waals surface area contributed by atoms with Crippen LogP contribution in [0, 0.1) is 6.92 Å². The quantitative estimate of drug-likeness (QED) is 0.729. The van der Waals surface area contributed by atoms with Crippen molar-refractivity contribution in [2.45, 2.75) is 6.92 Å². The highest BCUT2D eigenvalue weighted by atomic mass is 79.9. The highest BCUT2D eigenvalue weighted by molar-refractivity contribution is 9.10. The van der Waals surface area contributed by atoms with Crippen LogP contribution in [0.15, 0.2) is 46.9 Å². The van der Waals surface area contributed by atoms with E-state index in [0.717, 1.165) is 10.0 Å². The van der Waals surface area contributed by atoms with Gasteiger partial charge in [-0.1, -0.05) is 23.7 Å². The molecule has 0 fully saturated rings. The largest absolute Gasteiger partial charge is 0.482 e. The van der Waals surface area contributed by atoms with Crippen molar-refractivity contribution < 1.29 is 19.1 Å². The van der Waals surface area contributed by atoms with Crippen LogP contribution in [0.1, 0.15) is 5.56 Å². The summed E-state index contributed by atoms with van der Waals surface area (Å²) in [5.74, 6) is -0.628. The second-order valence-corrected chi connectivity index (χ2v) is 6.23. The first-order valence-electron chi connectivity index (χ1n) is 7.04. The summed E-state index contributed by atoms with van der Waals surface area (Å²) in [6.07, 6.45) is 0. The average molecular weight is 413 g/mol. The predicted octanol–water partition coefficient (Wildman–Crippen LogP) is 3.97. The fourth-order valence-electron chi connectivity index (χ4n) is 1.79. The van der Waals surface area contributed by atoms with Crippen LogP contribution < -0.4 is 10.1 Å². The van der Waals surface area contributed by atoms with Crippen LogP contribution in [-0.2, 0) is 14.3 Å². The van der Waals surface area contributed by atoms with Crippen molar-refractivity contribution in [3.05, 3.63) is 57.5 Å². The Morgan fingerprint density at radius 1 is 1.17 bits per heavy atom. The summed E-state index contributed by atoms with van der Waals surface area (Å²) in [6.45, 7) is 1.25. The van der Waals surface area contributed by atoms with Gasteiger partial charge in [-0.2, -0.15) is 0 Å². The maximum Gasteiger partial charge on any atom is 0.344 e. The van der Waals surface area contributed by atoms with Gasteiger partial charge in [-0.3, -0.25) is 4.79 Å². The number of rotatable bonds is 6. The maximum atomic E-state index is 11.8. The molecule has 0 radical (unpaired) electrons. The number of carbonyl (C=O) groups excluding carboxylic acids is 2. The molecule has 0 saturated carbocycles. The lowest BCUT2D eigenvalue weighted by Crippen LogP contribution is -2.23. The lowest BCUT2D eigenvalue weighted by molar-refractivity contribution is -0.149. The highest BCUT2D eigenvalue weighted by Gasteiger charge is 2.10. The zero-order chi connectivity index (χ0) is 17.5. The van der Waals surface area contributed by atoms with Crippen molar-refractivity contribution in [2.24, 2.45) is 0 Å². The van der Waals surface area contributed by atoms with Crippen LogP contribution in [-0.4, -0.2) is 25.1 Å². The molecule has 24 heavy (non-hydrogen) atoms. The summed E-state index contributed by atoms with van der Waals surface area (Å²) in [5.41, 5.74) is 1.67. The van der Waals surface area contributed by atoms with Crippen molar-refractivity contribution >= 4 is 45.1 Å². The number of amides is 1. The van der Waals surface area contributed by atoms with E-state index in [-0.39, 0.29) is 6.61 Å².